The number of pyridine rings is 1. The zero-order valence-corrected chi connectivity index (χ0v) is 13.5. The normalized spacial score (nSPS) is 10.6. The average molecular weight is 353 g/mol. The molecule has 3 nitrogen and oxygen atoms in total. The average Bonchev–Trinajstić information content (AvgIpc) is 2.49. The van der Waals surface area contributed by atoms with Crippen molar-refractivity contribution < 1.29 is 9.13 Å². The maximum Gasteiger partial charge on any atom is 0.141 e. The number of nitrogens with one attached hydrogen (secondary N) is 1. The lowest BCUT2D eigenvalue weighted by atomic mass is 10.3. The summed E-state index contributed by atoms with van der Waals surface area (Å²) in [5, 5.41) is 3.31. The van der Waals surface area contributed by atoms with Crippen LogP contribution in [0.15, 0.2) is 40.9 Å². The van der Waals surface area contributed by atoms with E-state index in [0.717, 1.165) is 30.9 Å². The van der Waals surface area contributed by atoms with E-state index in [0.29, 0.717) is 16.8 Å². The molecular formula is C16H18BrFN2O. The second-order valence-corrected chi connectivity index (χ2v) is 5.52. The molecule has 1 aromatic carbocycles. The molecule has 0 atom stereocenters. The van der Waals surface area contributed by atoms with Crippen molar-refractivity contribution in [2.24, 2.45) is 0 Å². The van der Waals surface area contributed by atoms with Gasteiger partial charge in [0.1, 0.15) is 18.2 Å². The third-order valence-electron chi connectivity index (χ3n) is 2.88. The highest BCUT2D eigenvalue weighted by atomic mass is 79.9. The Labute approximate surface area is 132 Å². The first-order valence-electron chi connectivity index (χ1n) is 6.92. The Hall–Kier alpha value is -1.46. The Balaban J connectivity index is 1.93. The fourth-order valence-electron chi connectivity index (χ4n) is 1.83. The number of aromatic nitrogens is 1. The molecule has 0 aliphatic rings. The lowest BCUT2D eigenvalue weighted by Crippen LogP contribution is -2.15. The van der Waals surface area contributed by atoms with Gasteiger partial charge in [-0.1, -0.05) is 13.0 Å². The SMILES string of the molecule is CCCNCc1cccc(COc2ccc(Br)c(F)c2)n1. The van der Waals surface area contributed by atoms with Crippen LogP contribution < -0.4 is 10.1 Å². The van der Waals surface area contributed by atoms with Crippen LogP contribution in [-0.4, -0.2) is 11.5 Å². The van der Waals surface area contributed by atoms with E-state index in [1.54, 1.807) is 12.1 Å². The molecule has 1 N–H and O–H groups in total. The summed E-state index contributed by atoms with van der Waals surface area (Å²) in [6.07, 6.45) is 1.10. The Morgan fingerprint density at radius 1 is 1.24 bits per heavy atom. The number of nitrogens with zero attached hydrogens (tertiary/aromatic N) is 1. The standard InChI is InChI=1S/C16H18BrFN2O/c1-2-8-19-10-12-4-3-5-13(20-12)11-21-14-6-7-15(17)16(18)9-14/h3-7,9,19H,2,8,10-11H2,1H3. The van der Waals surface area contributed by atoms with E-state index in [-0.39, 0.29) is 5.82 Å². The monoisotopic (exact) mass is 352 g/mol. The summed E-state index contributed by atoms with van der Waals surface area (Å²) in [4.78, 5) is 4.51. The van der Waals surface area contributed by atoms with Crippen molar-refractivity contribution in [3.63, 3.8) is 0 Å². The van der Waals surface area contributed by atoms with Gasteiger partial charge in [0.15, 0.2) is 0 Å². The number of rotatable bonds is 7. The molecule has 0 saturated carbocycles. The summed E-state index contributed by atoms with van der Waals surface area (Å²) < 4.78 is 19.4. The molecule has 0 aliphatic heterocycles. The zero-order valence-electron chi connectivity index (χ0n) is 11.9. The predicted octanol–water partition coefficient (Wildman–Crippen LogP) is 4.06. The highest BCUT2D eigenvalue weighted by Gasteiger charge is 2.03. The topological polar surface area (TPSA) is 34.1 Å². The molecule has 112 valence electrons. The molecule has 0 saturated heterocycles. The molecule has 21 heavy (non-hydrogen) atoms. The van der Waals surface area contributed by atoms with Crippen molar-refractivity contribution in [1.82, 2.24) is 10.3 Å². The van der Waals surface area contributed by atoms with Crippen molar-refractivity contribution in [2.45, 2.75) is 26.5 Å². The van der Waals surface area contributed by atoms with Gasteiger partial charge in [0.25, 0.3) is 0 Å². The molecule has 0 bridgehead atoms. The third-order valence-corrected chi connectivity index (χ3v) is 3.52. The van der Waals surface area contributed by atoms with Crippen LogP contribution in [0.3, 0.4) is 0 Å². The lowest BCUT2D eigenvalue weighted by molar-refractivity contribution is 0.299. The van der Waals surface area contributed by atoms with Crippen LogP contribution in [0.5, 0.6) is 5.75 Å². The summed E-state index contributed by atoms with van der Waals surface area (Å²) >= 11 is 3.11. The highest BCUT2D eigenvalue weighted by Crippen LogP contribution is 2.21. The molecule has 0 spiro atoms. The van der Waals surface area contributed by atoms with E-state index in [1.165, 1.54) is 6.07 Å². The molecule has 0 unspecified atom stereocenters. The van der Waals surface area contributed by atoms with Gasteiger partial charge in [-0.25, -0.2) is 4.39 Å². The van der Waals surface area contributed by atoms with E-state index < -0.39 is 0 Å². The maximum atomic E-state index is 13.4. The minimum absolute atomic E-state index is 0.322. The number of ether oxygens (including phenoxy) is 1. The molecule has 1 heterocycles. The summed E-state index contributed by atoms with van der Waals surface area (Å²) in [6, 6.07) is 10.5. The van der Waals surface area contributed by atoms with Crippen LogP contribution in [-0.2, 0) is 13.2 Å². The van der Waals surface area contributed by atoms with Gasteiger partial charge in [0.05, 0.1) is 15.9 Å². The largest absolute Gasteiger partial charge is 0.487 e. The van der Waals surface area contributed by atoms with Gasteiger partial charge in [-0.2, -0.15) is 0 Å². The van der Waals surface area contributed by atoms with Gasteiger partial charge in [0.2, 0.25) is 0 Å². The maximum absolute atomic E-state index is 13.4. The van der Waals surface area contributed by atoms with Crippen LogP contribution >= 0.6 is 15.9 Å². The van der Waals surface area contributed by atoms with Gasteiger partial charge in [-0.05, 0) is 53.2 Å². The molecule has 0 aliphatic carbocycles. The first kappa shape index (κ1) is 15.9. The highest BCUT2D eigenvalue weighted by molar-refractivity contribution is 9.10. The number of halogens is 2. The first-order valence-corrected chi connectivity index (χ1v) is 7.71. The smallest absolute Gasteiger partial charge is 0.141 e. The van der Waals surface area contributed by atoms with Crippen molar-refractivity contribution >= 4 is 15.9 Å². The second-order valence-electron chi connectivity index (χ2n) is 4.66. The van der Waals surface area contributed by atoms with Crippen molar-refractivity contribution in [2.75, 3.05) is 6.54 Å². The molecule has 0 radical (unpaired) electrons. The molecule has 5 heteroatoms. The fraction of sp³-hybridized carbons (Fsp3) is 0.312. The fourth-order valence-corrected chi connectivity index (χ4v) is 2.07. The summed E-state index contributed by atoms with van der Waals surface area (Å²) in [5.74, 6) is 0.157. The van der Waals surface area contributed by atoms with Crippen LogP contribution in [0.1, 0.15) is 24.7 Å². The summed E-state index contributed by atoms with van der Waals surface area (Å²) in [6.45, 7) is 4.17. The van der Waals surface area contributed by atoms with Crippen LogP contribution in [0.25, 0.3) is 0 Å². The summed E-state index contributed by atoms with van der Waals surface area (Å²) in [7, 11) is 0. The van der Waals surface area contributed by atoms with E-state index >= 15 is 0 Å². The van der Waals surface area contributed by atoms with Gasteiger partial charge < -0.3 is 10.1 Å². The lowest BCUT2D eigenvalue weighted by Gasteiger charge is -2.08. The Morgan fingerprint density at radius 2 is 2.05 bits per heavy atom. The predicted molar refractivity (Wildman–Crippen MR) is 84.7 cm³/mol. The van der Waals surface area contributed by atoms with Crippen molar-refractivity contribution in [3.05, 3.63) is 58.1 Å². The number of hydrogen-bond donors (Lipinski definition) is 1. The van der Waals surface area contributed by atoms with E-state index in [9.17, 15) is 4.39 Å². The van der Waals surface area contributed by atoms with Gasteiger partial charge in [-0.15, -0.1) is 0 Å². The molecular weight excluding hydrogens is 335 g/mol. The second kappa shape index (κ2) is 8.10. The summed E-state index contributed by atoms with van der Waals surface area (Å²) in [5.41, 5.74) is 1.81. The van der Waals surface area contributed by atoms with Crippen molar-refractivity contribution in [3.8, 4) is 5.75 Å². The van der Waals surface area contributed by atoms with Crippen molar-refractivity contribution in [1.29, 1.82) is 0 Å². The first-order chi connectivity index (χ1) is 10.2. The molecule has 1 aromatic heterocycles. The van der Waals surface area contributed by atoms with Gasteiger partial charge in [0, 0.05) is 12.6 Å². The zero-order chi connectivity index (χ0) is 15.1. The third kappa shape index (κ3) is 5.10. The van der Waals surface area contributed by atoms with E-state index in [4.69, 9.17) is 4.74 Å². The Kier molecular flexibility index (Phi) is 6.14. The van der Waals surface area contributed by atoms with Gasteiger partial charge >= 0.3 is 0 Å². The minimum atomic E-state index is -0.335. The van der Waals surface area contributed by atoms with Crippen LogP contribution in [0.2, 0.25) is 0 Å². The Morgan fingerprint density at radius 3 is 2.81 bits per heavy atom. The minimum Gasteiger partial charge on any atom is -0.487 e. The number of benzene rings is 1. The molecule has 2 aromatic rings. The van der Waals surface area contributed by atoms with Crippen LogP contribution in [0, 0.1) is 5.82 Å². The van der Waals surface area contributed by atoms with Gasteiger partial charge in [-0.3, -0.25) is 4.98 Å². The van der Waals surface area contributed by atoms with E-state index in [1.807, 2.05) is 18.2 Å². The number of hydrogen-bond acceptors (Lipinski definition) is 3. The molecule has 0 amide bonds. The quantitative estimate of drug-likeness (QED) is 0.763. The van der Waals surface area contributed by atoms with Crippen LogP contribution in [0.4, 0.5) is 4.39 Å². The Bertz CT molecular complexity index is 592. The molecule has 2 rings (SSSR count). The molecule has 0 fully saturated rings. The van der Waals surface area contributed by atoms with E-state index in [2.05, 4.69) is 33.2 Å².